The lowest BCUT2D eigenvalue weighted by atomic mass is 10.1. The Kier molecular flexibility index (Phi) is 4.28. The number of halogens is 2. The minimum absolute atomic E-state index is 0.218. The topological polar surface area (TPSA) is 41.9 Å². The number of hydrogen-bond donors (Lipinski definition) is 0. The number of ether oxygens (including phenoxy) is 1. The molecule has 0 fully saturated rings. The molecule has 6 heteroatoms. The first-order valence-electron chi connectivity index (χ1n) is 7.03. The van der Waals surface area contributed by atoms with Crippen molar-refractivity contribution in [2.75, 3.05) is 0 Å². The average molecular weight is 349 g/mol. The van der Waals surface area contributed by atoms with Crippen LogP contribution in [0.25, 0.3) is 0 Å². The third-order valence-electron chi connectivity index (χ3n) is 3.48. The molecular weight excluding hydrogens is 335 g/mol. The summed E-state index contributed by atoms with van der Waals surface area (Å²) in [5.41, 5.74) is 2.47. The fraction of sp³-hybridized carbons (Fsp3) is 0.176. The van der Waals surface area contributed by atoms with Gasteiger partial charge in [0.25, 0.3) is 0 Å². The number of hydrogen-bond acceptors (Lipinski definition) is 3. The Bertz CT molecular complexity index is 805. The first-order chi connectivity index (χ1) is 11.0. The predicted molar refractivity (Wildman–Crippen MR) is 90.5 cm³/mol. The van der Waals surface area contributed by atoms with Crippen LogP contribution in [0.3, 0.4) is 0 Å². The van der Waals surface area contributed by atoms with E-state index in [1.54, 1.807) is 18.2 Å². The largest absolute Gasteiger partial charge is 0.446 e. The number of amides is 1. The van der Waals surface area contributed by atoms with Crippen LogP contribution in [-0.2, 0) is 9.53 Å². The van der Waals surface area contributed by atoms with Crippen LogP contribution < -0.4 is 0 Å². The van der Waals surface area contributed by atoms with E-state index < -0.39 is 6.23 Å². The Hall–Kier alpha value is -2.04. The summed E-state index contributed by atoms with van der Waals surface area (Å²) >= 11 is 12.3. The minimum Gasteiger partial charge on any atom is -0.446 e. The zero-order valence-electron chi connectivity index (χ0n) is 12.6. The van der Waals surface area contributed by atoms with Gasteiger partial charge in [-0.15, -0.1) is 5.10 Å². The van der Waals surface area contributed by atoms with Crippen LogP contribution in [0.1, 0.15) is 29.8 Å². The Morgan fingerprint density at radius 2 is 1.96 bits per heavy atom. The second-order valence-corrected chi connectivity index (χ2v) is 6.04. The average Bonchev–Trinajstić information content (AvgIpc) is 2.95. The van der Waals surface area contributed by atoms with E-state index >= 15 is 0 Å². The van der Waals surface area contributed by atoms with Gasteiger partial charge in [0.05, 0.1) is 15.6 Å². The second-order valence-electron chi connectivity index (χ2n) is 5.25. The van der Waals surface area contributed by atoms with Gasteiger partial charge in [0.1, 0.15) is 0 Å². The quantitative estimate of drug-likeness (QED) is 0.799. The molecule has 0 radical (unpaired) electrons. The molecule has 1 heterocycles. The van der Waals surface area contributed by atoms with Crippen LogP contribution in [0.4, 0.5) is 0 Å². The van der Waals surface area contributed by atoms with E-state index in [4.69, 9.17) is 27.9 Å². The molecule has 0 aliphatic carbocycles. The molecule has 1 aliphatic rings. The SMILES string of the molecule is CC(=O)N1N=C(c2cccc(Cl)c2Cl)O[C@H]1c1cccc(C)c1. The predicted octanol–water partition coefficient (Wildman–Crippen LogP) is 4.54. The highest BCUT2D eigenvalue weighted by atomic mass is 35.5. The van der Waals surface area contributed by atoms with E-state index in [1.807, 2.05) is 31.2 Å². The molecule has 0 saturated carbocycles. The number of carbonyl (C=O) groups is 1. The molecule has 2 aromatic rings. The Balaban J connectivity index is 2.01. The number of benzene rings is 2. The Labute approximate surface area is 144 Å². The van der Waals surface area contributed by atoms with Crippen molar-refractivity contribution in [2.45, 2.75) is 20.1 Å². The third kappa shape index (κ3) is 3.05. The monoisotopic (exact) mass is 348 g/mol. The summed E-state index contributed by atoms with van der Waals surface area (Å²) in [4.78, 5) is 11.9. The van der Waals surface area contributed by atoms with Gasteiger partial charge in [0.15, 0.2) is 0 Å². The molecule has 0 aromatic heterocycles. The van der Waals surface area contributed by atoms with E-state index in [-0.39, 0.29) is 11.8 Å². The van der Waals surface area contributed by atoms with Gasteiger partial charge in [0.2, 0.25) is 18.0 Å². The number of rotatable bonds is 2. The summed E-state index contributed by atoms with van der Waals surface area (Å²) in [7, 11) is 0. The van der Waals surface area contributed by atoms with Crippen molar-refractivity contribution in [1.29, 1.82) is 0 Å². The van der Waals surface area contributed by atoms with Crippen molar-refractivity contribution >= 4 is 35.0 Å². The molecule has 0 bridgehead atoms. The van der Waals surface area contributed by atoms with Crippen molar-refractivity contribution in [3.63, 3.8) is 0 Å². The van der Waals surface area contributed by atoms with Crippen molar-refractivity contribution < 1.29 is 9.53 Å². The van der Waals surface area contributed by atoms with E-state index in [1.165, 1.54) is 11.9 Å². The van der Waals surface area contributed by atoms with Gasteiger partial charge >= 0.3 is 0 Å². The zero-order chi connectivity index (χ0) is 16.6. The van der Waals surface area contributed by atoms with E-state index in [0.717, 1.165) is 11.1 Å². The molecule has 0 unspecified atom stereocenters. The number of aryl methyl sites for hydroxylation is 1. The van der Waals surface area contributed by atoms with Gasteiger partial charge < -0.3 is 4.74 Å². The van der Waals surface area contributed by atoms with Crippen LogP contribution in [0, 0.1) is 6.92 Å². The molecule has 2 aromatic carbocycles. The highest BCUT2D eigenvalue weighted by molar-refractivity contribution is 6.43. The van der Waals surface area contributed by atoms with Crippen LogP contribution >= 0.6 is 23.2 Å². The zero-order valence-corrected chi connectivity index (χ0v) is 14.1. The van der Waals surface area contributed by atoms with Crippen LogP contribution in [0.2, 0.25) is 10.0 Å². The Morgan fingerprint density at radius 1 is 1.22 bits per heavy atom. The highest BCUT2D eigenvalue weighted by Gasteiger charge is 2.34. The summed E-state index contributed by atoms with van der Waals surface area (Å²) in [6.45, 7) is 3.42. The Morgan fingerprint density at radius 3 is 2.65 bits per heavy atom. The van der Waals surface area contributed by atoms with Crippen molar-refractivity contribution in [3.8, 4) is 0 Å². The molecule has 4 nitrogen and oxygen atoms in total. The van der Waals surface area contributed by atoms with Crippen LogP contribution in [-0.4, -0.2) is 16.8 Å². The lowest BCUT2D eigenvalue weighted by Crippen LogP contribution is -2.25. The van der Waals surface area contributed by atoms with Crippen molar-refractivity contribution in [2.24, 2.45) is 5.10 Å². The fourth-order valence-corrected chi connectivity index (χ4v) is 2.77. The maximum atomic E-state index is 11.9. The van der Waals surface area contributed by atoms with Gasteiger partial charge in [-0.2, -0.15) is 5.01 Å². The molecular formula is C17H14Cl2N2O2. The van der Waals surface area contributed by atoms with Crippen LogP contribution in [0.5, 0.6) is 0 Å². The molecule has 118 valence electrons. The van der Waals surface area contributed by atoms with Gasteiger partial charge in [-0.25, -0.2) is 0 Å². The number of carbonyl (C=O) groups excluding carboxylic acids is 1. The first-order valence-corrected chi connectivity index (χ1v) is 7.79. The van der Waals surface area contributed by atoms with Crippen molar-refractivity contribution in [1.82, 2.24) is 5.01 Å². The maximum Gasteiger partial charge on any atom is 0.243 e. The second kappa shape index (κ2) is 6.22. The summed E-state index contributed by atoms with van der Waals surface area (Å²) in [6.07, 6.45) is -0.613. The first kappa shape index (κ1) is 15.8. The molecule has 1 amide bonds. The number of nitrogens with zero attached hydrogens (tertiary/aromatic N) is 2. The summed E-state index contributed by atoms with van der Waals surface area (Å²) in [6, 6.07) is 12.9. The van der Waals surface area contributed by atoms with E-state index in [0.29, 0.717) is 15.6 Å². The molecule has 1 aliphatic heterocycles. The standard InChI is InChI=1S/C17H14Cl2N2O2/c1-10-5-3-6-12(9-10)17-21(11(2)22)20-16(23-17)13-7-4-8-14(18)15(13)19/h3-9,17H,1-2H3/t17-/m0/s1. The molecule has 23 heavy (non-hydrogen) atoms. The van der Waals surface area contributed by atoms with Crippen LogP contribution in [0.15, 0.2) is 47.6 Å². The third-order valence-corrected chi connectivity index (χ3v) is 4.29. The van der Waals surface area contributed by atoms with Gasteiger partial charge in [-0.3, -0.25) is 4.79 Å². The fourth-order valence-electron chi connectivity index (χ4n) is 2.38. The van der Waals surface area contributed by atoms with Crippen molar-refractivity contribution in [3.05, 3.63) is 69.2 Å². The maximum absolute atomic E-state index is 11.9. The molecule has 0 spiro atoms. The molecule has 1 atom stereocenters. The molecule has 0 N–H and O–H groups in total. The van der Waals surface area contributed by atoms with Gasteiger partial charge in [-0.05, 0) is 19.1 Å². The van der Waals surface area contributed by atoms with E-state index in [9.17, 15) is 4.79 Å². The van der Waals surface area contributed by atoms with Gasteiger partial charge in [-0.1, -0.05) is 59.1 Å². The summed E-state index contributed by atoms with van der Waals surface area (Å²) in [5, 5.41) is 6.34. The molecule has 0 saturated heterocycles. The normalized spacial score (nSPS) is 17.0. The number of hydrazone groups is 1. The smallest absolute Gasteiger partial charge is 0.243 e. The van der Waals surface area contributed by atoms with E-state index in [2.05, 4.69) is 5.10 Å². The lowest BCUT2D eigenvalue weighted by molar-refractivity contribution is -0.135. The lowest BCUT2D eigenvalue weighted by Gasteiger charge is -2.19. The summed E-state index contributed by atoms with van der Waals surface area (Å²) < 4.78 is 5.91. The van der Waals surface area contributed by atoms with Gasteiger partial charge in [0, 0.05) is 12.5 Å². The summed E-state index contributed by atoms with van der Waals surface area (Å²) in [5.74, 6) is 0.0591. The minimum atomic E-state index is -0.613. The molecule has 3 rings (SSSR count). The highest BCUT2D eigenvalue weighted by Crippen LogP contribution is 2.34.